The van der Waals surface area contributed by atoms with E-state index in [1.165, 1.54) is 19.3 Å². The van der Waals surface area contributed by atoms with Gasteiger partial charge in [-0.3, -0.25) is 9.59 Å². The Hall–Kier alpha value is -2.33. The van der Waals surface area contributed by atoms with Crippen LogP contribution in [0, 0.1) is 0 Å². The van der Waals surface area contributed by atoms with Crippen LogP contribution in [0.2, 0.25) is 5.02 Å². The third-order valence-electron chi connectivity index (χ3n) is 5.72. The minimum absolute atomic E-state index is 0.00649. The third-order valence-corrected chi connectivity index (χ3v) is 5.95. The van der Waals surface area contributed by atoms with Crippen LogP contribution in [-0.2, 0) is 6.42 Å². The Bertz CT molecular complexity index is 890. The van der Waals surface area contributed by atoms with Gasteiger partial charge in [0, 0.05) is 34.4 Å². The highest BCUT2D eigenvalue weighted by Crippen LogP contribution is 2.30. The summed E-state index contributed by atoms with van der Waals surface area (Å²) in [5.41, 5.74) is 3.21. The zero-order chi connectivity index (χ0) is 19.5. The number of fused-ring (bicyclic) bond motifs is 1. The third kappa shape index (κ3) is 4.07. The molecule has 0 unspecified atom stereocenters. The summed E-state index contributed by atoms with van der Waals surface area (Å²) in [5, 5.41) is 3.73. The van der Waals surface area contributed by atoms with Crippen LogP contribution in [-0.4, -0.2) is 24.4 Å². The fourth-order valence-electron chi connectivity index (χ4n) is 4.24. The Morgan fingerprint density at radius 3 is 2.57 bits per heavy atom. The zero-order valence-electron chi connectivity index (χ0n) is 15.9. The molecule has 1 saturated carbocycles. The highest BCUT2D eigenvalue weighted by Gasteiger charge is 2.25. The first-order chi connectivity index (χ1) is 13.6. The standard InChI is InChI=1S/C23H25ClN2O2/c24-19-8-4-6-18(15-19)23(28)26-13-5-7-16-14-17(11-12-21(16)26)22(27)25-20-9-2-1-3-10-20/h4,6,8,11-12,14-15,20H,1-3,5,7,9-10,13H2,(H,25,27). The summed E-state index contributed by atoms with van der Waals surface area (Å²) in [7, 11) is 0. The van der Waals surface area contributed by atoms with Gasteiger partial charge in [0.25, 0.3) is 11.8 Å². The first kappa shape index (κ1) is 19.0. The summed E-state index contributed by atoms with van der Waals surface area (Å²) in [6.07, 6.45) is 7.54. The van der Waals surface area contributed by atoms with Crippen LogP contribution in [0.25, 0.3) is 0 Å². The molecule has 2 amide bonds. The maximum atomic E-state index is 13.0. The summed E-state index contributed by atoms with van der Waals surface area (Å²) in [4.78, 5) is 27.4. The van der Waals surface area contributed by atoms with Crippen LogP contribution in [0.5, 0.6) is 0 Å². The maximum absolute atomic E-state index is 13.0. The van der Waals surface area contributed by atoms with Crippen LogP contribution in [0.3, 0.4) is 0 Å². The van der Waals surface area contributed by atoms with Gasteiger partial charge in [0.1, 0.15) is 0 Å². The summed E-state index contributed by atoms with van der Waals surface area (Å²) < 4.78 is 0. The number of carbonyl (C=O) groups is 2. The molecule has 5 heteroatoms. The van der Waals surface area contributed by atoms with Crippen molar-refractivity contribution in [1.82, 2.24) is 5.32 Å². The van der Waals surface area contributed by atoms with Crippen molar-refractivity contribution in [3.63, 3.8) is 0 Å². The molecule has 0 bridgehead atoms. The lowest BCUT2D eigenvalue weighted by Gasteiger charge is -2.30. The lowest BCUT2D eigenvalue weighted by Crippen LogP contribution is -2.37. The Balaban J connectivity index is 1.53. The largest absolute Gasteiger partial charge is 0.349 e. The molecule has 0 saturated heterocycles. The predicted molar refractivity (Wildman–Crippen MR) is 112 cm³/mol. The molecule has 146 valence electrons. The molecule has 28 heavy (non-hydrogen) atoms. The number of hydrogen-bond acceptors (Lipinski definition) is 2. The van der Waals surface area contributed by atoms with Gasteiger partial charge in [0.15, 0.2) is 0 Å². The van der Waals surface area contributed by atoms with Gasteiger partial charge in [-0.2, -0.15) is 0 Å². The zero-order valence-corrected chi connectivity index (χ0v) is 16.7. The number of benzene rings is 2. The van der Waals surface area contributed by atoms with Crippen molar-refractivity contribution < 1.29 is 9.59 Å². The second kappa shape index (κ2) is 8.36. The van der Waals surface area contributed by atoms with Gasteiger partial charge < -0.3 is 10.2 Å². The molecule has 0 spiro atoms. The van der Waals surface area contributed by atoms with Gasteiger partial charge in [-0.25, -0.2) is 0 Å². The van der Waals surface area contributed by atoms with Crippen molar-refractivity contribution in [1.29, 1.82) is 0 Å². The molecule has 4 rings (SSSR count). The number of halogens is 1. The molecule has 1 aliphatic heterocycles. The lowest BCUT2D eigenvalue weighted by molar-refractivity contribution is 0.0927. The number of aryl methyl sites for hydroxylation is 1. The van der Waals surface area contributed by atoms with E-state index in [2.05, 4.69) is 5.32 Å². The molecule has 0 aromatic heterocycles. The fraction of sp³-hybridized carbons (Fsp3) is 0.391. The first-order valence-corrected chi connectivity index (χ1v) is 10.5. The monoisotopic (exact) mass is 396 g/mol. The highest BCUT2D eigenvalue weighted by atomic mass is 35.5. The van der Waals surface area contributed by atoms with Crippen molar-refractivity contribution in [2.75, 3.05) is 11.4 Å². The molecule has 1 aliphatic carbocycles. The van der Waals surface area contributed by atoms with Gasteiger partial charge in [0.2, 0.25) is 0 Å². The molecule has 1 fully saturated rings. The van der Waals surface area contributed by atoms with E-state index in [1.54, 1.807) is 29.2 Å². The Kier molecular flexibility index (Phi) is 5.67. The van der Waals surface area contributed by atoms with Crippen LogP contribution in [0.15, 0.2) is 42.5 Å². The fourth-order valence-corrected chi connectivity index (χ4v) is 4.43. The molecule has 1 heterocycles. The van der Waals surface area contributed by atoms with Crippen LogP contribution in [0.4, 0.5) is 5.69 Å². The molecule has 0 atom stereocenters. The number of rotatable bonds is 3. The number of amides is 2. The molecule has 1 N–H and O–H groups in total. The van der Waals surface area contributed by atoms with Crippen molar-refractivity contribution in [3.8, 4) is 0 Å². The van der Waals surface area contributed by atoms with Gasteiger partial charge in [-0.05, 0) is 67.6 Å². The number of nitrogens with one attached hydrogen (secondary N) is 1. The summed E-state index contributed by atoms with van der Waals surface area (Å²) in [6, 6.07) is 13.0. The molecule has 2 aromatic rings. The second-order valence-electron chi connectivity index (χ2n) is 7.72. The van der Waals surface area contributed by atoms with Gasteiger partial charge >= 0.3 is 0 Å². The van der Waals surface area contributed by atoms with Crippen molar-refractivity contribution >= 4 is 29.1 Å². The van der Waals surface area contributed by atoms with E-state index in [0.717, 1.165) is 36.9 Å². The minimum Gasteiger partial charge on any atom is -0.349 e. The van der Waals surface area contributed by atoms with Gasteiger partial charge in [-0.1, -0.05) is 36.9 Å². The summed E-state index contributed by atoms with van der Waals surface area (Å²) >= 11 is 6.05. The van der Waals surface area contributed by atoms with E-state index < -0.39 is 0 Å². The summed E-state index contributed by atoms with van der Waals surface area (Å²) in [5.74, 6) is -0.0594. The van der Waals surface area contributed by atoms with Gasteiger partial charge in [-0.15, -0.1) is 0 Å². The molecular weight excluding hydrogens is 372 g/mol. The van der Waals surface area contributed by atoms with Crippen molar-refractivity contribution in [3.05, 3.63) is 64.2 Å². The normalized spacial score (nSPS) is 17.1. The Labute approximate surface area is 170 Å². The van der Waals surface area contributed by atoms with Crippen LogP contribution >= 0.6 is 11.6 Å². The molecular formula is C23H25ClN2O2. The maximum Gasteiger partial charge on any atom is 0.258 e. The van der Waals surface area contributed by atoms with E-state index >= 15 is 0 Å². The lowest BCUT2D eigenvalue weighted by atomic mass is 9.94. The molecule has 2 aliphatic rings. The van der Waals surface area contributed by atoms with E-state index in [1.807, 2.05) is 18.2 Å². The number of anilines is 1. The van der Waals surface area contributed by atoms with Crippen LogP contribution in [0.1, 0.15) is 64.8 Å². The van der Waals surface area contributed by atoms with Gasteiger partial charge in [0.05, 0.1) is 0 Å². The SMILES string of the molecule is O=C(NC1CCCCC1)c1ccc2c(c1)CCCN2C(=O)c1cccc(Cl)c1. The first-order valence-electron chi connectivity index (χ1n) is 10.1. The number of carbonyl (C=O) groups excluding carboxylic acids is 2. The van der Waals surface area contributed by atoms with E-state index in [9.17, 15) is 9.59 Å². The molecule has 4 nitrogen and oxygen atoms in total. The Morgan fingerprint density at radius 1 is 0.964 bits per heavy atom. The van der Waals surface area contributed by atoms with Crippen molar-refractivity contribution in [2.24, 2.45) is 0 Å². The summed E-state index contributed by atoms with van der Waals surface area (Å²) in [6.45, 7) is 0.673. The second-order valence-corrected chi connectivity index (χ2v) is 8.16. The van der Waals surface area contributed by atoms with E-state index in [4.69, 9.17) is 11.6 Å². The number of hydrogen-bond donors (Lipinski definition) is 1. The quantitative estimate of drug-likeness (QED) is 0.794. The van der Waals surface area contributed by atoms with Crippen molar-refractivity contribution in [2.45, 2.75) is 51.0 Å². The van der Waals surface area contributed by atoms with Crippen LogP contribution < -0.4 is 10.2 Å². The van der Waals surface area contributed by atoms with E-state index in [-0.39, 0.29) is 17.9 Å². The Morgan fingerprint density at radius 2 is 1.79 bits per heavy atom. The smallest absolute Gasteiger partial charge is 0.258 e. The average Bonchev–Trinajstić information content (AvgIpc) is 2.73. The predicted octanol–water partition coefficient (Wildman–Crippen LogP) is 5.00. The highest BCUT2D eigenvalue weighted by molar-refractivity contribution is 6.31. The topological polar surface area (TPSA) is 49.4 Å². The van der Waals surface area contributed by atoms with E-state index in [0.29, 0.717) is 22.7 Å². The average molecular weight is 397 g/mol. The minimum atomic E-state index is -0.0529. The number of nitrogens with zero attached hydrogens (tertiary/aromatic N) is 1. The molecule has 0 radical (unpaired) electrons. The molecule has 2 aromatic carbocycles.